The van der Waals surface area contributed by atoms with E-state index in [9.17, 15) is 4.79 Å². The van der Waals surface area contributed by atoms with Crippen LogP contribution in [0.5, 0.6) is 0 Å². The predicted octanol–water partition coefficient (Wildman–Crippen LogP) is 5.80. The number of benzene rings is 2. The highest BCUT2D eigenvalue weighted by molar-refractivity contribution is 7.20. The summed E-state index contributed by atoms with van der Waals surface area (Å²) in [4.78, 5) is 22.6. The van der Waals surface area contributed by atoms with E-state index in [0.717, 1.165) is 27.0 Å². The zero-order valence-corrected chi connectivity index (χ0v) is 17.3. The van der Waals surface area contributed by atoms with Gasteiger partial charge in [0.15, 0.2) is 0 Å². The van der Waals surface area contributed by atoms with Crippen LogP contribution in [-0.2, 0) is 11.2 Å². The van der Waals surface area contributed by atoms with Crippen LogP contribution in [-0.4, -0.2) is 22.5 Å². The van der Waals surface area contributed by atoms with Crippen LogP contribution in [0.4, 0.5) is 11.5 Å². The molecule has 2 heterocycles. The summed E-state index contributed by atoms with van der Waals surface area (Å²) in [5, 5.41) is 4.76. The number of rotatable bonds is 6. The largest absolute Gasteiger partial charge is 0.461 e. The third-order valence-electron chi connectivity index (χ3n) is 4.49. The Balaban J connectivity index is 1.53. The number of nitrogens with one attached hydrogen (secondary N) is 1. The number of anilines is 2. The van der Waals surface area contributed by atoms with E-state index in [-0.39, 0.29) is 5.97 Å². The zero-order chi connectivity index (χ0) is 20.2. The molecule has 5 nitrogen and oxygen atoms in total. The average Bonchev–Trinajstić information content (AvgIpc) is 3.08. The molecule has 4 rings (SSSR count). The lowest BCUT2D eigenvalue weighted by Gasteiger charge is -2.07. The molecule has 0 fully saturated rings. The molecule has 0 atom stereocenters. The van der Waals surface area contributed by atoms with Crippen molar-refractivity contribution in [1.29, 1.82) is 0 Å². The molecule has 146 valence electrons. The quantitative estimate of drug-likeness (QED) is 0.397. The Morgan fingerprint density at radius 2 is 1.86 bits per heavy atom. The first-order valence-corrected chi connectivity index (χ1v) is 10.3. The van der Waals surface area contributed by atoms with Crippen LogP contribution in [0.25, 0.3) is 10.2 Å². The third-order valence-corrected chi connectivity index (χ3v) is 5.92. The lowest BCUT2D eigenvalue weighted by atomic mass is 10.2. The van der Waals surface area contributed by atoms with E-state index >= 15 is 0 Å². The molecular weight excluding hydrogens is 406 g/mol. The van der Waals surface area contributed by atoms with Crippen LogP contribution in [0.2, 0.25) is 5.02 Å². The molecule has 0 amide bonds. The second-order valence-corrected chi connectivity index (χ2v) is 7.90. The van der Waals surface area contributed by atoms with Crippen molar-refractivity contribution in [3.05, 3.63) is 82.0 Å². The molecule has 0 bridgehead atoms. The maximum Gasteiger partial charge on any atom is 0.348 e. The van der Waals surface area contributed by atoms with Crippen molar-refractivity contribution in [1.82, 2.24) is 9.97 Å². The average molecular weight is 424 g/mol. The molecule has 7 heteroatoms. The molecule has 2 aromatic heterocycles. The van der Waals surface area contributed by atoms with E-state index in [1.54, 1.807) is 12.1 Å². The summed E-state index contributed by atoms with van der Waals surface area (Å²) >= 11 is 7.27. The molecule has 2 aromatic carbocycles. The van der Waals surface area contributed by atoms with Gasteiger partial charge in [-0.1, -0.05) is 41.9 Å². The van der Waals surface area contributed by atoms with Gasteiger partial charge in [-0.05, 0) is 42.3 Å². The summed E-state index contributed by atoms with van der Waals surface area (Å²) in [6.07, 6.45) is 2.17. The van der Waals surface area contributed by atoms with Crippen molar-refractivity contribution in [2.24, 2.45) is 0 Å². The zero-order valence-electron chi connectivity index (χ0n) is 15.7. The monoisotopic (exact) mass is 423 g/mol. The molecular formula is C22H18ClN3O2S. The van der Waals surface area contributed by atoms with Crippen LogP contribution in [0.3, 0.4) is 0 Å². The van der Waals surface area contributed by atoms with E-state index in [0.29, 0.717) is 28.7 Å². The van der Waals surface area contributed by atoms with Crippen molar-refractivity contribution in [2.75, 3.05) is 11.9 Å². The first kappa shape index (κ1) is 19.4. The van der Waals surface area contributed by atoms with Gasteiger partial charge in [-0.2, -0.15) is 0 Å². The minimum absolute atomic E-state index is 0.331. The van der Waals surface area contributed by atoms with Crippen LogP contribution in [0, 0.1) is 6.92 Å². The number of carbonyl (C=O) groups excluding carboxylic acids is 1. The number of aryl methyl sites for hydroxylation is 1. The summed E-state index contributed by atoms with van der Waals surface area (Å²) < 4.78 is 5.50. The van der Waals surface area contributed by atoms with Crippen LogP contribution < -0.4 is 5.32 Å². The van der Waals surface area contributed by atoms with Gasteiger partial charge in [-0.25, -0.2) is 14.8 Å². The maximum absolute atomic E-state index is 12.6. The van der Waals surface area contributed by atoms with Gasteiger partial charge in [0, 0.05) is 17.1 Å². The Labute approximate surface area is 177 Å². The van der Waals surface area contributed by atoms with Crippen molar-refractivity contribution in [3.8, 4) is 0 Å². The van der Waals surface area contributed by atoms with Gasteiger partial charge in [0.1, 0.15) is 21.9 Å². The van der Waals surface area contributed by atoms with Crippen molar-refractivity contribution < 1.29 is 9.53 Å². The van der Waals surface area contributed by atoms with Gasteiger partial charge in [0.2, 0.25) is 0 Å². The van der Waals surface area contributed by atoms with Gasteiger partial charge in [0.25, 0.3) is 0 Å². The van der Waals surface area contributed by atoms with Gasteiger partial charge in [-0.3, -0.25) is 0 Å². The maximum atomic E-state index is 12.6. The number of hydrogen-bond donors (Lipinski definition) is 1. The Hall–Kier alpha value is -2.96. The molecule has 0 unspecified atom stereocenters. The van der Waals surface area contributed by atoms with Gasteiger partial charge < -0.3 is 10.1 Å². The highest BCUT2D eigenvalue weighted by Gasteiger charge is 2.20. The number of hydrogen-bond acceptors (Lipinski definition) is 6. The number of carbonyl (C=O) groups is 1. The number of esters is 1. The highest BCUT2D eigenvalue weighted by atomic mass is 35.5. The lowest BCUT2D eigenvalue weighted by molar-refractivity contribution is 0.0514. The summed E-state index contributed by atoms with van der Waals surface area (Å²) in [7, 11) is 0. The van der Waals surface area contributed by atoms with E-state index in [1.165, 1.54) is 17.7 Å². The summed E-state index contributed by atoms with van der Waals surface area (Å²) in [5.74, 6) is 0.313. The predicted molar refractivity (Wildman–Crippen MR) is 117 cm³/mol. The Kier molecular flexibility index (Phi) is 5.74. The standard InChI is InChI=1S/C22H18ClN3O2S/c1-14-18-20(26-17-9-7-16(23)8-10-17)24-13-25-21(18)29-19(14)22(27)28-12-11-15-5-3-2-4-6-15/h2-10,13H,11-12H2,1H3,(H,24,25,26). The molecule has 0 aliphatic carbocycles. The number of ether oxygens (including phenoxy) is 1. The molecule has 0 aliphatic rings. The first-order chi connectivity index (χ1) is 14.1. The number of halogens is 1. The van der Waals surface area contributed by atoms with Crippen LogP contribution >= 0.6 is 22.9 Å². The van der Waals surface area contributed by atoms with Gasteiger partial charge >= 0.3 is 5.97 Å². The Bertz CT molecular complexity index is 1140. The number of fused-ring (bicyclic) bond motifs is 1. The fourth-order valence-electron chi connectivity index (χ4n) is 3.00. The fraction of sp³-hybridized carbons (Fsp3) is 0.136. The molecule has 0 aliphatic heterocycles. The second kappa shape index (κ2) is 8.59. The summed E-state index contributed by atoms with van der Waals surface area (Å²) in [6.45, 7) is 2.22. The highest BCUT2D eigenvalue weighted by Crippen LogP contribution is 2.35. The minimum atomic E-state index is -0.334. The molecule has 0 spiro atoms. The molecule has 0 saturated carbocycles. The van der Waals surface area contributed by atoms with Gasteiger partial charge in [-0.15, -0.1) is 11.3 Å². The van der Waals surface area contributed by atoms with E-state index in [1.807, 2.05) is 49.4 Å². The fourth-order valence-corrected chi connectivity index (χ4v) is 4.17. The number of thiophene rings is 1. The second-order valence-electron chi connectivity index (χ2n) is 6.46. The summed E-state index contributed by atoms with van der Waals surface area (Å²) in [5.41, 5.74) is 2.80. The van der Waals surface area contributed by atoms with Crippen molar-refractivity contribution in [3.63, 3.8) is 0 Å². The Morgan fingerprint density at radius 1 is 1.10 bits per heavy atom. The molecule has 29 heavy (non-hydrogen) atoms. The van der Waals surface area contributed by atoms with Crippen LogP contribution in [0.15, 0.2) is 60.9 Å². The van der Waals surface area contributed by atoms with E-state index in [4.69, 9.17) is 16.3 Å². The van der Waals surface area contributed by atoms with E-state index < -0.39 is 0 Å². The number of aromatic nitrogens is 2. The molecule has 0 saturated heterocycles. The van der Waals surface area contributed by atoms with Crippen LogP contribution in [0.1, 0.15) is 20.8 Å². The minimum Gasteiger partial charge on any atom is -0.461 e. The summed E-state index contributed by atoms with van der Waals surface area (Å²) in [6, 6.07) is 17.3. The van der Waals surface area contributed by atoms with Gasteiger partial charge in [0.05, 0.1) is 12.0 Å². The molecule has 1 N–H and O–H groups in total. The smallest absolute Gasteiger partial charge is 0.348 e. The normalized spacial score (nSPS) is 10.8. The topological polar surface area (TPSA) is 64.1 Å². The lowest BCUT2D eigenvalue weighted by Crippen LogP contribution is -2.07. The Morgan fingerprint density at radius 3 is 2.62 bits per heavy atom. The van der Waals surface area contributed by atoms with Crippen molar-refractivity contribution >= 4 is 50.6 Å². The molecule has 4 aromatic rings. The first-order valence-electron chi connectivity index (χ1n) is 9.09. The van der Waals surface area contributed by atoms with Crippen molar-refractivity contribution in [2.45, 2.75) is 13.3 Å². The number of nitrogens with zero attached hydrogens (tertiary/aromatic N) is 2. The SMILES string of the molecule is Cc1c(C(=O)OCCc2ccccc2)sc2ncnc(Nc3ccc(Cl)cc3)c12. The van der Waals surface area contributed by atoms with E-state index in [2.05, 4.69) is 15.3 Å². The third kappa shape index (κ3) is 4.39. The molecule has 0 radical (unpaired) electrons.